The van der Waals surface area contributed by atoms with Crippen LogP contribution in [0, 0.1) is 6.92 Å². The second-order valence-electron chi connectivity index (χ2n) is 11.0. The van der Waals surface area contributed by atoms with Gasteiger partial charge < -0.3 is 0 Å². The fourth-order valence-electron chi connectivity index (χ4n) is 5.42. The third-order valence-corrected chi connectivity index (χ3v) is 7.61. The van der Waals surface area contributed by atoms with Gasteiger partial charge in [0.15, 0.2) is 0 Å². The molecule has 242 valence electrons. The minimum absolute atomic E-state index is 0.406. The lowest BCUT2D eigenvalue weighted by atomic mass is 10.0. The summed E-state index contributed by atoms with van der Waals surface area (Å²) in [6.45, 7) is 1.89. The zero-order chi connectivity index (χ0) is 33.6. The van der Waals surface area contributed by atoms with Crippen LogP contribution in [0.15, 0.2) is 126 Å². The first-order valence-corrected chi connectivity index (χ1v) is 15.6. The maximum atomic E-state index is 13.3. The molecule has 0 saturated carbocycles. The zero-order valence-corrected chi connectivity index (χ0v) is 26.4. The molecule has 7 rings (SSSR count). The van der Waals surface area contributed by atoms with Crippen molar-refractivity contribution in [2.24, 2.45) is 4.99 Å². The molecule has 1 aliphatic rings. The lowest BCUT2D eigenvalue weighted by Crippen LogP contribution is -2.29. The van der Waals surface area contributed by atoms with E-state index in [4.69, 9.17) is 10.2 Å². The van der Waals surface area contributed by atoms with Crippen LogP contribution in [0.4, 0.5) is 27.0 Å². The largest absolute Gasteiger partial charge is 0.326 e. The van der Waals surface area contributed by atoms with Crippen LogP contribution in [-0.4, -0.2) is 47.8 Å². The van der Waals surface area contributed by atoms with Gasteiger partial charge >= 0.3 is 12.1 Å². The van der Waals surface area contributed by atoms with E-state index in [1.54, 1.807) is 58.4 Å². The van der Waals surface area contributed by atoms with E-state index in [1.165, 1.54) is 0 Å². The highest BCUT2D eigenvalue weighted by Crippen LogP contribution is 2.35. The van der Waals surface area contributed by atoms with Crippen molar-refractivity contribution in [2.45, 2.75) is 19.8 Å². The Kier molecular flexibility index (Phi) is 8.69. The number of carbonyl (C=O) groups is 2. The summed E-state index contributed by atoms with van der Waals surface area (Å²) in [6, 6.07) is 27.0. The molecule has 1 aliphatic heterocycles. The maximum absolute atomic E-state index is 13.3. The minimum Gasteiger partial charge on any atom is -0.292 e. The summed E-state index contributed by atoms with van der Waals surface area (Å²) in [5.74, 6) is 1.80. The molecule has 2 aromatic carbocycles. The number of amides is 4. The third-order valence-electron chi connectivity index (χ3n) is 7.61. The number of aryl methyl sites for hydroxylation is 1. The number of nitrogens with zero attached hydrogens (tertiary/aromatic N) is 7. The Morgan fingerprint density at radius 2 is 1.49 bits per heavy atom. The first-order valence-electron chi connectivity index (χ1n) is 15.6. The summed E-state index contributed by atoms with van der Waals surface area (Å²) in [5, 5.41) is 21.2. The van der Waals surface area contributed by atoms with E-state index in [1.807, 2.05) is 79.7 Å². The van der Waals surface area contributed by atoms with Crippen molar-refractivity contribution in [1.82, 2.24) is 34.8 Å². The average molecular weight is 650 g/mol. The van der Waals surface area contributed by atoms with E-state index in [0.717, 1.165) is 29.7 Å². The first kappa shape index (κ1) is 30.7. The predicted molar refractivity (Wildman–Crippen MR) is 189 cm³/mol. The maximum Gasteiger partial charge on any atom is 0.326 e. The van der Waals surface area contributed by atoms with E-state index in [2.05, 4.69) is 36.2 Å². The number of aliphatic imine (C=N–C) groups is 1. The molecule has 0 radical (unpaired) electrons. The Bertz CT molecular complexity index is 2170. The normalized spacial score (nSPS) is 12.2. The van der Waals surface area contributed by atoms with Crippen molar-refractivity contribution in [3.8, 4) is 33.8 Å². The molecule has 4 N–H and O–H groups in total. The molecule has 0 aliphatic carbocycles. The number of aromatic nitrogens is 6. The van der Waals surface area contributed by atoms with E-state index < -0.39 is 12.1 Å². The van der Waals surface area contributed by atoms with Gasteiger partial charge in [-0.05, 0) is 79.9 Å². The SMILES string of the molecule is Cc1nn(-c2ccccc2)c(NC(=O)NC2=CCCC=N2)c1-c1cccc(-n2nc(-c3ccncc3)cc2NC(=O)Nc2ccccn2)c1. The summed E-state index contributed by atoms with van der Waals surface area (Å²) < 4.78 is 3.36. The number of hydrogen-bond acceptors (Lipinski definition) is 7. The highest BCUT2D eigenvalue weighted by atomic mass is 16.2. The van der Waals surface area contributed by atoms with E-state index >= 15 is 0 Å². The average Bonchev–Trinajstić information content (AvgIpc) is 3.70. The molecule has 0 bridgehead atoms. The summed E-state index contributed by atoms with van der Waals surface area (Å²) in [5.41, 5.74) is 5.07. The fraction of sp³-hybridized carbons (Fsp3) is 0.0833. The Balaban J connectivity index is 1.28. The van der Waals surface area contributed by atoms with Crippen LogP contribution < -0.4 is 21.3 Å². The Morgan fingerprint density at radius 1 is 0.694 bits per heavy atom. The molecule has 13 nitrogen and oxygen atoms in total. The Morgan fingerprint density at radius 3 is 2.27 bits per heavy atom. The number of benzene rings is 2. The number of nitrogens with one attached hydrogen (secondary N) is 4. The van der Waals surface area contributed by atoms with Gasteiger partial charge in [0.05, 0.1) is 22.8 Å². The van der Waals surface area contributed by atoms with Crippen LogP contribution in [0.2, 0.25) is 0 Å². The van der Waals surface area contributed by atoms with E-state index in [-0.39, 0.29) is 0 Å². The van der Waals surface area contributed by atoms with Crippen molar-refractivity contribution in [3.63, 3.8) is 0 Å². The van der Waals surface area contributed by atoms with Gasteiger partial charge in [0.1, 0.15) is 23.3 Å². The van der Waals surface area contributed by atoms with Gasteiger partial charge in [0.25, 0.3) is 0 Å². The third kappa shape index (κ3) is 6.95. The van der Waals surface area contributed by atoms with Crippen molar-refractivity contribution in [2.75, 3.05) is 16.0 Å². The predicted octanol–water partition coefficient (Wildman–Crippen LogP) is 6.96. The molecule has 49 heavy (non-hydrogen) atoms. The molecular formula is C36H31N11O2. The number of allylic oxidation sites excluding steroid dienone is 1. The number of rotatable bonds is 8. The van der Waals surface area contributed by atoms with Gasteiger partial charge in [-0.25, -0.2) is 28.9 Å². The van der Waals surface area contributed by atoms with Gasteiger partial charge in [0.2, 0.25) is 0 Å². The minimum atomic E-state index is -0.479. The molecule has 0 atom stereocenters. The van der Waals surface area contributed by atoms with Crippen molar-refractivity contribution in [3.05, 3.63) is 127 Å². The van der Waals surface area contributed by atoms with E-state index in [0.29, 0.717) is 45.9 Å². The van der Waals surface area contributed by atoms with Gasteiger partial charge in [-0.1, -0.05) is 36.4 Å². The number of carbonyl (C=O) groups excluding carboxylic acids is 2. The molecule has 0 spiro atoms. The van der Waals surface area contributed by atoms with Gasteiger partial charge in [-0.2, -0.15) is 10.2 Å². The molecule has 0 fully saturated rings. The highest BCUT2D eigenvalue weighted by Gasteiger charge is 2.22. The molecule has 5 heterocycles. The number of urea groups is 2. The van der Waals surface area contributed by atoms with Gasteiger partial charge in [-0.3, -0.25) is 26.3 Å². The number of anilines is 3. The monoisotopic (exact) mass is 649 g/mol. The van der Waals surface area contributed by atoms with Crippen LogP contribution in [-0.2, 0) is 0 Å². The number of pyridine rings is 2. The van der Waals surface area contributed by atoms with Crippen molar-refractivity contribution < 1.29 is 9.59 Å². The molecular weight excluding hydrogens is 618 g/mol. The standard InChI is InChI=1S/C36H31N11O2/c1-24-33(34(47(44-24)27-11-3-2-4-12-27)43-36(49)41-31-15-6-8-19-39-31)26-10-9-13-28(22-26)46-32(23-29(45-46)25-16-20-37-21-17-25)42-35(48)40-30-14-5-7-18-38-30/h2-5,7,9-23H,6,8H2,1H3,(H2,41,43,49)(H2,38,40,42,48). The molecule has 0 unspecified atom stereocenters. The second-order valence-corrected chi connectivity index (χ2v) is 11.0. The molecule has 4 amide bonds. The first-order chi connectivity index (χ1) is 24.0. The number of hydrogen-bond donors (Lipinski definition) is 4. The van der Waals surface area contributed by atoms with Gasteiger partial charge in [0, 0.05) is 42.0 Å². The highest BCUT2D eigenvalue weighted by molar-refractivity contribution is 5.99. The van der Waals surface area contributed by atoms with E-state index in [9.17, 15) is 9.59 Å². The lowest BCUT2D eigenvalue weighted by Gasteiger charge is -2.14. The second kappa shape index (κ2) is 13.8. The smallest absolute Gasteiger partial charge is 0.292 e. The summed E-state index contributed by atoms with van der Waals surface area (Å²) in [6.07, 6.45) is 10.3. The van der Waals surface area contributed by atoms with Crippen LogP contribution in [0.5, 0.6) is 0 Å². The fourth-order valence-corrected chi connectivity index (χ4v) is 5.42. The van der Waals surface area contributed by atoms with Gasteiger partial charge in [-0.15, -0.1) is 0 Å². The summed E-state index contributed by atoms with van der Waals surface area (Å²) >= 11 is 0. The van der Waals surface area contributed by atoms with Crippen molar-refractivity contribution >= 4 is 35.7 Å². The zero-order valence-electron chi connectivity index (χ0n) is 26.4. The number of para-hydroxylation sites is 1. The van der Waals surface area contributed by atoms with Crippen LogP contribution >= 0.6 is 0 Å². The molecule has 6 aromatic rings. The lowest BCUT2D eigenvalue weighted by molar-refractivity contribution is 0.254. The van der Waals surface area contributed by atoms with Crippen molar-refractivity contribution in [1.29, 1.82) is 0 Å². The van der Waals surface area contributed by atoms with Crippen LogP contribution in [0.1, 0.15) is 18.5 Å². The Hall–Kier alpha value is -6.89. The van der Waals surface area contributed by atoms with Crippen LogP contribution in [0.3, 0.4) is 0 Å². The Labute approximate surface area is 281 Å². The molecule has 4 aromatic heterocycles. The molecule has 13 heteroatoms. The topological polar surface area (TPSA) is 156 Å². The quantitative estimate of drug-likeness (QED) is 0.140. The van der Waals surface area contributed by atoms with Crippen LogP contribution in [0.25, 0.3) is 33.8 Å². The summed E-state index contributed by atoms with van der Waals surface area (Å²) in [4.78, 5) is 39.0. The molecule has 0 saturated heterocycles. The summed E-state index contributed by atoms with van der Waals surface area (Å²) in [7, 11) is 0.